The van der Waals surface area contributed by atoms with E-state index in [2.05, 4.69) is 20.8 Å². The van der Waals surface area contributed by atoms with Gasteiger partial charge in [-0.15, -0.1) is 0 Å². The molecule has 0 heterocycles. The Labute approximate surface area is 476 Å². The van der Waals surface area contributed by atoms with Crippen LogP contribution in [0.3, 0.4) is 0 Å². The Bertz CT molecular complexity index is 1520. The summed E-state index contributed by atoms with van der Waals surface area (Å²) in [7, 11) is 0. The first-order valence-electron chi connectivity index (χ1n) is 33.5. The van der Waals surface area contributed by atoms with Crippen LogP contribution >= 0.6 is 0 Å². The van der Waals surface area contributed by atoms with Crippen LogP contribution in [0.4, 0.5) is 0 Å². The van der Waals surface area contributed by atoms with Crippen molar-refractivity contribution in [3.05, 3.63) is 53.6 Å². The maximum Gasteiger partial charge on any atom is 0.344 e. The Morgan fingerprint density at radius 1 is 0.325 bits per heavy atom. The molecule has 0 bridgehead atoms. The molecule has 2 aromatic rings. The molecule has 0 atom stereocenters. The number of esters is 2. The number of hydrogen-bond acceptors (Lipinski definition) is 7. The molecule has 0 radical (unpaired) electrons. The average molecular weight is 1080 g/mol. The zero-order chi connectivity index (χ0) is 55.0. The Morgan fingerprint density at radius 2 is 0.597 bits per heavy atom. The number of benzene rings is 2. The van der Waals surface area contributed by atoms with Crippen molar-refractivity contribution in [2.45, 2.75) is 336 Å². The van der Waals surface area contributed by atoms with Gasteiger partial charge in [0.05, 0.1) is 25.4 Å². The van der Waals surface area contributed by atoms with Gasteiger partial charge in [-0.1, -0.05) is 340 Å². The molecule has 0 aliphatic carbocycles. The van der Waals surface area contributed by atoms with Gasteiger partial charge in [0.15, 0.2) is 18.1 Å². The summed E-state index contributed by atoms with van der Waals surface area (Å²) in [5.41, 5.74) is 1.15. The molecular weight excluding hydrogens is 953 g/mol. The van der Waals surface area contributed by atoms with E-state index in [1.54, 1.807) is 12.1 Å². The minimum Gasteiger partial charge on any atom is -0.490 e. The van der Waals surface area contributed by atoms with Crippen LogP contribution < -0.4 is 14.2 Å². The van der Waals surface area contributed by atoms with Crippen molar-refractivity contribution in [3.8, 4) is 17.2 Å². The zero-order valence-corrected chi connectivity index (χ0v) is 50.9. The van der Waals surface area contributed by atoms with Gasteiger partial charge in [-0.2, -0.15) is 0 Å². The predicted molar refractivity (Wildman–Crippen MR) is 328 cm³/mol. The van der Waals surface area contributed by atoms with Crippen LogP contribution in [0, 0.1) is 0 Å². The molecule has 7 heteroatoms. The van der Waals surface area contributed by atoms with Crippen LogP contribution in [0.5, 0.6) is 17.2 Å². The van der Waals surface area contributed by atoms with Gasteiger partial charge in [0.25, 0.3) is 0 Å². The lowest BCUT2D eigenvalue weighted by Gasteiger charge is -2.19. The van der Waals surface area contributed by atoms with Crippen molar-refractivity contribution in [1.82, 2.24) is 0 Å². The van der Waals surface area contributed by atoms with Crippen molar-refractivity contribution in [3.63, 3.8) is 0 Å². The fraction of sp³-hybridized carbons (Fsp3) is 0.800. The summed E-state index contributed by atoms with van der Waals surface area (Å²) in [5.74, 6) is 0.361. The smallest absolute Gasteiger partial charge is 0.344 e. The predicted octanol–water partition coefficient (Wildman–Crippen LogP) is 22.5. The second-order valence-corrected chi connectivity index (χ2v) is 23.0. The number of ether oxygens (including phenoxy) is 5. The molecule has 2 aromatic carbocycles. The largest absolute Gasteiger partial charge is 0.490 e. The zero-order valence-electron chi connectivity index (χ0n) is 50.9. The molecule has 0 aliphatic heterocycles. The molecule has 0 N–H and O–H groups in total. The molecule has 7 nitrogen and oxygen atoms in total. The first-order valence-corrected chi connectivity index (χ1v) is 33.5. The molecule has 0 amide bonds. The maximum atomic E-state index is 13.6. The van der Waals surface area contributed by atoms with Gasteiger partial charge >= 0.3 is 11.9 Å². The molecule has 444 valence electrons. The quantitative estimate of drug-likeness (QED) is 0.0482. The van der Waals surface area contributed by atoms with Gasteiger partial charge in [0.2, 0.25) is 5.75 Å². The van der Waals surface area contributed by atoms with E-state index in [1.165, 1.54) is 270 Å². The third-order valence-corrected chi connectivity index (χ3v) is 15.6. The third kappa shape index (κ3) is 43.3. The van der Waals surface area contributed by atoms with E-state index in [0.29, 0.717) is 37.1 Å². The van der Waals surface area contributed by atoms with Crippen LogP contribution in [-0.2, 0) is 20.9 Å². The lowest BCUT2D eigenvalue weighted by atomic mass is 10.0. The highest BCUT2D eigenvalue weighted by molar-refractivity contribution is 5.92. The number of carbonyl (C=O) groups excluding carboxylic acids is 2. The van der Waals surface area contributed by atoms with Crippen LogP contribution in [0.1, 0.15) is 345 Å². The first-order chi connectivity index (χ1) is 38.1. The number of hydrogen-bond donors (Lipinski definition) is 0. The Balaban J connectivity index is 1.94. The molecule has 0 fully saturated rings. The molecule has 0 spiro atoms. The van der Waals surface area contributed by atoms with E-state index < -0.39 is 18.5 Å². The molecule has 0 aromatic heterocycles. The van der Waals surface area contributed by atoms with Crippen molar-refractivity contribution in [2.24, 2.45) is 0 Å². The summed E-state index contributed by atoms with van der Waals surface area (Å²) >= 11 is 0. The van der Waals surface area contributed by atoms with Gasteiger partial charge in [-0.25, -0.2) is 9.59 Å². The van der Waals surface area contributed by atoms with Crippen molar-refractivity contribution >= 4 is 11.9 Å². The third-order valence-electron chi connectivity index (χ3n) is 15.6. The molecule has 77 heavy (non-hydrogen) atoms. The van der Waals surface area contributed by atoms with Crippen molar-refractivity contribution < 1.29 is 33.3 Å². The summed E-state index contributed by atoms with van der Waals surface area (Å²) in [4.78, 5) is 26.3. The SMILES string of the molecule is CCCCCCCCCCCCCCCCCCOc1cc(C(=O)OCC(=O)OCc2ccccc2)cc(OCCCCCCCCCCCCCCCCCC)c1OCCCCCCCCCCCCCCCCCC. The molecule has 0 unspecified atom stereocenters. The van der Waals surface area contributed by atoms with E-state index in [4.69, 9.17) is 23.7 Å². The van der Waals surface area contributed by atoms with E-state index in [1.807, 2.05) is 30.3 Å². The second kappa shape index (κ2) is 54.7. The Morgan fingerprint density at radius 3 is 0.896 bits per heavy atom. The van der Waals surface area contributed by atoms with Crippen LogP contribution in [-0.4, -0.2) is 38.4 Å². The number of unbranched alkanes of at least 4 members (excludes halogenated alkanes) is 45. The van der Waals surface area contributed by atoms with Gasteiger partial charge < -0.3 is 23.7 Å². The fourth-order valence-corrected chi connectivity index (χ4v) is 10.5. The van der Waals surface area contributed by atoms with E-state index in [9.17, 15) is 9.59 Å². The lowest BCUT2D eigenvalue weighted by molar-refractivity contribution is -0.148. The monoisotopic (exact) mass is 1070 g/mol. The van der Waals surface area contributed by atoms with Crippen molar-refractivity contribution in [1.29, 1.82) is 0 Å². The second-order valence-electron chi connectivity index (χ2n) is 23.0. The van der Waals surface area contributed by atoms with Gasteiger partial charge in [0, 0.05) is 0 Å². The van der Waals surface area contributed by atoms with Gasteiger partial charge in [-0.3, -0.25) is 0 Å². The summed E-state index contributed by atoms with van der Waals surface area (Å²) < 4.78 is 30.6. The highest BCUT2D eigenvalue weighted by Crippen LogP contribution is 2.40. The minimum absolute atomic E-state index is 0.122. The minimum atomic E-state index is -0.620. The van der Waals surface area contributed by atoms with Crippen LogP contribution in [0.15, 0.2) is 42.5 Å². The van der Waals surface area contributed by atoms with Gasteiger partial charge in [0.1, 0.15) is 6.61 Å². The standard InChI is InChI=1S/C70H122O7/c1-4-7-10-13-16-19-22-25-28-31-34-37-40-43-46-52-57-73-66-60-65(70(72)77-63-68(71)76-62-64-55-50-49-51-56-64)61-67(74-58-53-47-44-41-38-35-32-29-26-23-20-17-14-11-8-5-2)69(66)75-59-54-48-45-42-39-36-33-30-27-24-21-18-15-12-9-6-3/h49-51,55-56,60-61H,4-48,52-54,57-59,62-63H2,1-3H3. The van der Waals surface area contributed by atoms with Gasteiger partial charge in [-0.05, 0) is 37.0 Å². The van der Waals surface area contributed by atoms with Crippen molar-refractivity contribution in [2.75, 3.05) is 26.4 Å². The Kier molecular flexibility index (Phi) is 49.7. The van der Waals surface area contributed by atoms with E-state index >= 15 is 0 Å². The number of carbonyl (C=O) groups is 2. The van der Waals surface area contributed by atoms with E-state index in [0.717, 1.165) is 44.1 Å². The van der Waals surface area contributed by atoms with Crippen LogP contribution in [0.25, 0.3) is 0 Å². The molecule has 0 saturated heterocycles. The first kappa shape index (κ1) is 69.9. The molecule has 0 saturated carbocycles. The lowest BCUT2D eigenvalue weighted by Crippen LogP contribution is -2.17. The topological polar surface area (TPSA) is 80.3 Å². The summed E-state index contributed by atoms with van der Waals surface area (Å²) in [6.07, 6.45) is 63.2. The fourth-order valence-electron chi connectivity index (χ4n) is 10.5. The molecular formula is C70H122O7. The maximum absolute atomic E-state index is 13.6. The van der Waals surface area contributed by atoms with Crippen LogP contribution in [0.2, 0.25) is 0 Å². The summed E-state index contributed by atoms with van der Waals surface area (Å²) in [5, 5.41) is 0. The average Bonchev–Trinajstić information content (AvgIpc) is 3.45. The summed E-state index contributed by atoms with van der Waals surface area (Å²) in [6.45, 7) is 8.12. The molecule has 2 rings (SSSR count). The highest BCUT2D eigenvalue weighted by Gasteiger charge is 2.21. The molecule has 0 aliphatic rings. The summed E-state index contributed by atoms with van der Waals surface area (Å²) in [6, 6.07) is 12.9. The normalized spacial score (nSPS) is 11.3. The van der Waals surface area contributed by atoms with E-state index in [-0.39, 0.29) is 12.2 Å². The Hall–Kier alpha value is -3.22. The highest BCUT2D eigenvalue weighted by atomic mass is 16.6. The number of rotatable bonds is 59.